The molecule has 0 atom stereocenters. The first-order chi connectivity index (χ1) is 16.4. The molecule has 0 spiro atoms. The van der Waals surface area contributed by atoms with Gasteiger partial charge in [-0.25, -0.2) is 13.8 Å². The van der Waals surface area contributed by atoms with E-state index in [4.69, 9.17) is 23.2 Å². The maximum Gasteiger partial charge on any atom is 0.264 e. The van der Waals surface area contributed by atoms with E-state index >= 15 is 0 Å². The van der Waals surface area contributed by atoms with Crippen molar-refractivity contribution < 1.29 is 13.2 Å². The van der Waals surface area contributed by atoms with E-state index in [1.54, 1.807) is 24.3 Å². The van der Waals surface area contributed by atoms with Gasteiger partial charge in [0.2, 0.25) is 0 Å². The molecule has 0 unspecified atom stereocenters. The zero-order chi connectivity index (χ0) is 24.1. The van der Waals surface area contributed by atoms with Crippen LogP contribution in [0.5, 0.6) is 0 Å². The number of amides is 1. The first kappa shape index (κ1) is 23.8. The second-order valence-electron chi connectivity index (χ2n) is 7.26. The maximum atomic E-state index is 13.4. The number of nitrogens with zero attached hydrogens (tertiary/aromatic N) is 2. The van der Waals surface area contributed by atoms with Gasteiger partial charge in [0.05, 0.1) is 26.8 Å². The lowest BCUT2D eigenvalue weighted by atomic mass is 10.1. The molecule has 0 saturated heterocycles. The van der Waals surface area contributed by atoms with Gasteiger partial charge in [0.15, 0.2) is 0 Å². The van der Waals surface area contributed by atoms with Crippen LogP contribution in [0.1, 0.15) is 5.56 Å². The van der Waals surface area contributed by atoms with Crippen molar-refractivity contribution in [1.82, 2.24) is 5.43 Å². The molecule has 1 amide bonds. The maximum absolute atomic E-state index is 13.4. The molecule has 0 aromatic heterocycles. The lowest BCUT2D eigenvalue weighted by Gasteiger charge is -2.24. The average molecular weight is 512 g/mol. The van der Waals surface area contributed by atoms with E-state index in [9.17, 15) is 13.2 Å². The third-order valence-corrected chi connectivity index (χ3v) is 7.62. The van der Waals surface area contributed by atoms with Crippen molar-refractivity contribution in [2.45, 2.75) is 4.90 Å². The molecule has 0 aliphatic rings. The minimum absolute atomic E-state index is 0.0121. The van der Waals surface area contributed by atoms with Crippen molar-refractivity contribution in [2.75, 3.05) is 10.8 Å². The predicted octanol–water partition coefficient (Wildman–Crippen LogP) is 5.49. The third kappa shape index (κ3) is 5.07. The molecule has 1 N–H and O–H groups in total. The number of carbonyl (C=O) groups is 1. The number of hydrazone groups is 1. The van der Waals surface area contributed by atoms with E-state index in [-0.39, 0.29) is 20.6 Å². The van der Waals surface area contributed by atoms with E-state index < -0.39 is 22.5 Å². The van der Waals surface area contributed by atoms with Crippen LogP contribution in [0.2, 0.25) is 10.0 Å². The van der Waals surface area contributed by atoms with Crippen LogP contribution in [-0.2, 0) is 14.8 Å². The van der Waals surface area contributed by atoms with E-state index in [0.717, 1.165) is 20.6 Å². The number of sulfonamides is 1. The Labute approximate surface area is 207 Å². The van der Waals surface area contributed by atoms with Gasteiger partial charge >= 0.3 is 0 Å². The largest absolute Gasteiger partial charge is 0.271 e. The van der Waals surface area contributed by atoms with Crippen molar-refractivity contribution >= 4 is 61.8 Å². The van der Waals surface area contributed by atoms with Gasteiger partial charge in [-0.15, -0.1) is 0 Å². The molecule has 0 saturated carbocycles. The topological polar surface area (TPSA) is 78.8 Å². The van der Waals surface area contributed by atoms with E-state index in [1.807, 2.05) is 42.5 Å². The Bertz CT molecular complexity index is 1470. The first-order valence-electron chi connectivity index (χ1n) is 10.2. The molecular formula is C25H19Cl2N3O3S. The second-order valence-corrected chi connectivity index (χ2v) is 9.91. The highest BCUT2D eigenvalue weighted by atomic mass is 35.5. The van der Waals surface area contributed by atoms with Crippen LogP contribution < -0.4 is 9.73 Å². The average Bonchev–Trinajstić information content (AvgIpc) is 2.85. The number of anilines is 1. The Morgan fingerprint density at radius 3 is 2.35 bits per heavy atom. The van der Waals surface area contributed by atoms with Gasteiger partial charge in [-0.05, 0) is 35.0 Å². The molecular weight excluding hydrogens is 493 g/mol. The van der Waals surface area contributed by atoms with Gasteiger partial charge in [-0.3, -0.25) is 9.10 Å². The highest BCUT2D eigenvalue weighted by Crippen LogP contribution is 2.35. The normalized spacial score (nSPS) is 11.6. The summed E-state index contributed by atoms with van der Waals surface area (Å²) in [4.78, 5) is 12.8. The summed E-state index contributed by atoms with van der Waals surface area (Å²) in [7, 11) is -4.12. The molecule has 0 heterocycles. The SMILES string of the molecule is O=C(CN(c1cccc(Cl)c1Cl)S(=O)(=O)c1ccccc1)N/N=C\c1cccc2ccccc12. The zero-order valence-electron chi connectivity index (χ0n) is 17.7. The third-order valence-electron chi connectivity index (χ3n) is 5.03. The number of carbonyl (C=O) groups excluding carboxylic acids is 1. The minimum atomic E-state index is -4.12. The number of hydrogen-bond donors (Lipinski definition) is 1. The Morgan fingerprint density at radius 1 is 0.882 bits per heavy atom. The summed E-state index contributed by atoms with van der Waals surface area (Å²) >= 11 is 12.4. The summed E-state index contributed by atoms with van der Waals surface area (Å²) in [5, 5.41) is 6.23. The molecule has 0 aliphatic heterocycles. The first-order valence-corrected chi connectivity index (χ1v) is 12.4. The Balaban J connectivity index is 1.61. The molecule has 0 bridgehead atoms. The molecule has 9 heteroatoms. The number of halogens is 2. The summed E-state index contributed by atoms with van der Waals surface area (Å²) in [5.74, 6) is -0.646. The molecule has 34 heavy (non-hydrogen) atoms. The summed E-state index contributed by atoms with van der Waals surface area (Å²) in [6.45, 7) is -0.551. The standard InChI is InChI=1S/C25H19Cl2N3O3S/c26-22-14-7-15-23(25(22)27)30(34(32,33)20-11-2-1-3-12-20)17-24(31)29-28-16-19-10-6-9-18-8-4-5-13-21(18)19/h1-16H,17H2,(H,29,31)/b28-16-. The van der Waals surface area contributed by atoms with Gasteiger partial charge in [0.25, 0.3) is 15.9 Å². The van der Waals surface area contributed by atoms with Gasteiger partial charge in [0.1, 0.15) is 6.54 Å². The van der Waals surface area contributed by atoms with Crippen molar-refractivity contribution in [1.29, 1.82) is 0 Å². The van der Waals surface area contributed by atoms with Crippen molar-refractivity contribution in [3.8, 4) is 0 Å². The highest BCUT2D eigenvalue weighted by molar-refractivity contribution is 7.92. The predicted molar refractivity (Wildman–Crippen MR) is 137 cm³/mol. The molecule has 0 radical (unpaired) electrons. The molecule has 4 rings (SSSR count). The van der Waals surface area contributed by atoms with Crippen LogP contribution in [0, 0.1) is 0 Å². The Morgan fingerprint density at radius 2 is 1.56 bits per heavy atom. The number of nitrogens with one attached hydrogen (secondary N) is 1. The Kier molecular flexibility index (Phi) is 7.17. The monoisotopic (exact) mass is 511 g/mol. The molecule has 0 aliphatic carbocycles. The van der Waals surface area contributed by atoms with Crippen LogP contribution in [-0.4, -0.2) is 27.1 Å². The van der Waals surface area contributed by atoms with Gasteiger partial charge in [-0.2, -0.15) is 5.10 Å². The minimum Gasteiger partial charge on any atom is -0.271 e. The van der Waals surface area contributed by atoms with Gasteiger partial charge < -0.3 is 0 Å². The van der Waals surface area contributed by atoms with Crippen LogP contribution >= 0.6 is 23.2 Å². The fraction of sp³-hybridized carbons (Fsp3) is 0.0400. The van der Waals surface area contributed by atoms with E-state index in [1.165, 1.54) is 30.5 Å². The molecule has 0 fully saturated rings. The number of fused-ring (bicyclic) bond motifs is 1. The highest BCUT2D eigenvalue weighted by Gasteiger charge is 2.29. The lowest BCUT2D eigenvalue weighted by Crippen LogP contribution is -2.39. The molecule has 6 nitrogen and oxygen atoms in total. The van der Waals surface area contributed by atoms with Crippen LogP contribution in [0.3, 0.4) is 0 Å². The quantitative estimate of drug-likeness (QED) is 0.263. The fourth-order valence-electron chi connectivity index (χ4n) is 3.41. The Hall–Kier alpha value is -3.39. The van der Waals surface area contributed by atoms with Crippen LogP contribution in [0.15, 0.2) is 101 Å². The summed E-state index contributed by atoms with van der Waals surface area (Å²) in [6.07, 6.45) is 1.52. The summed E-state index contributed by atoms with van der Waals surface area (Å²) in [5.41, 5.74) is 3.30. The lowest BCUT2D eigenvalue weighted by molar-refractivity contribution is -0.119. The van der Waals surface area contributed by atoms with E-state index in [2.05, 4.69) is 10.5 Å². The molecule has 4 aromatic rings. The molecule has 172 valence electrons. The number of hydrogen-bond acceptors (Lipinski definition) is 4. The van der Waals surface area contributed by atoms with Crippen molar-refractivity contribution in [3.05, 3.63) is 107 Å². The number of benzene rings is 4. The van der Waals surface area contributed by atoms with Crippen LogP contribution in [0.4, 0.5) is 5.69 Å². The second kappa shape index (κ2) is 10.3. The van der Waals surface area contributed by atoms with Gasteiger partial charge in [0, 0.05) is 5.56 Å². The summed E-state index contributed by atoms with van der Waals surface area (Å²) in [6, 6.07) is 25.9. The zero-order valence-corrected chi connectivity index (χ0v) is 20.1. The van der Waals surface area contributed by atoms with Crippen molar-refractivity contribution in [2.24, 2.45) is 5.10 Å². The van der Waals surface area contributed by atoms with Crippen LogP contribution in [0.25, 0.3) is 10.8 Å². The smallest absolute Gasteiger partial charge is 0.264 e. The number of rotatable bonds is 7. The van der Waals surface area contributed by atoms with Gasteiger partial charge in [-0.1, -0.05) is 89.9 Å². The van der Waals surface area contributed by atoms with Crippen molar-refractivity contribution in [3.63, 3.8) is 0 Å². The molecule has 4 aromatic carbocycles. The summed E-state index contributed by atoms with van der Waals surface area (Å²) < 4.78 is 27.7. The fourth-order valence-corrected chi connectivity index (χ4v) is 5.31. The van der Waals surface area contributed by atoms with E-state index in [0.29, 0.717) is 0 Å².